The molecule has 0 saturated heterocycles. The molecule has 0 saturated carbocycles. The van der Waals surface area contributed by atoms with Gasteiger partial charge in [-0.2, -0.15) is 0 Å². The van der Waals surface area contributed by atoms with Gasteiger partial charge >= 0.3 is 11.7 Å². The molecule has 20 heavy (non-hydrogen) atoms. The molecule has 0 fully saturated rings. The number of nitro benzene ring substituents is 1. The lowest BCUT2D eigenvalue weighted by atomic mass is 10.2. The van der Waals surface area contributed by atoms with Crippen molar-refractivity contribution in [3.63, 3.8) is 0 Å². The largest absolute Gasteiger partial charge is 0.478 e. The van der Waals surface area contributed by atoms with Crippen LogP contribution in [-0.2, 0) is 0 Å². The maximum Gasteiger partial charge on any atom is 0.335 e. The number of halogens is 1. The summed E-state index contributed by atoms with van der Waals surface area (Å²) in [7, 11) is 0. The lowest BCUT2D eigenvalue weighted by molar-refractivity contribution is -0.385. The second-order valence-corrected chi connectivity index (χ2v) is 5.05. The average Bonchev–Trinajstić information content (AvgIpc) is 2.41. The normalized spacial score (nSPS) is 10.1. The van der Waals surface area contributed by atoms with Crippen LogP contribution in [0.1, 0.15) is 10.4 Å². The van der Waals surface area contributed by atoms with Crippen molar-refractivity contribution in [2.45, 2.75) is 0 Å². The Hall–Kier alpha value is -2.16. The topological polar surface area (TPSA) is 89.7 Å². The summed E-state index contributed by atoms with van der Waals surface area (Å²) < 4.78 is 6.12. The van der Waals surface area contributed by atoms with E-state index in [9.17, 15) is 14.9 Å². The molecule has 0 amide bonds. The van der Waals surface area contributed by atoms with Crippen molar-refractivity contribution in [3.8, 4) is 11.5 Å². The summed E-state index contributed by atoms with van der Waals surface area (Å²) in [5.74, 6) is -0.792. The smallest absolute Gasteiger partial charge is 0.335 e. The van der Waals surface area contributed by atoms with Crippen LogP contribution in [0.3, 0.4) is 0 Å². The molecule has 0 aromatic heterocycles. The van der Waals surface area contributed by atoms with Crippen LogP contribution >= 0.6 is 22.6 Å². The van der Waals surface area contributed by atoms with Crippen LogP contribution in [0.4, 0.5) is 5.69 Å². The number of rotatable bonds is 4. The molecule has 7 heteroatoms. The number of aromatic carboxylic acids is 1. The van der Waals surface area contributed by atoms with Crippen molar-refractivity contribution in [2.75, 3.05) is 0 Å². The Bertz CT molecular complexity index is 686. The Morgan fingerprint density at radius 3 is 2.65 bits per heavy atom. The van der Waals surface area contributed by atoms with E-state index < -0.39 is 10.9 Å². The number of ether oxygens (including phenoxy) is 1. The summed E-state index contributed by atoms with van der Waals surface area (Å²) in [6.07, 6.45) is 0. The summed E-state index contributed by atoms with van der Waals surface area (Å²) >= 11 is 1.96. The predicted octanol–water partition coefficient (Wildman–Crippen LogP) is 3.69. The first-order chi connectivity index (χ1) is 9.47. The van der Waals surface area contributed by atoms with E-state index >= 15 is 0 Å². The first-order valence-electron chi connectivity index (χ1n) is 5.42. The number of benzene rings is 2. The standard InChI is InChI=1S/C13H8INO5/c14-9-4-5-12(11(7-9)15(18)19)20-10-3-1-2-8(6-10)13(16)17/h1-7H,(H,16,17). The molecule has 0 spiro atoms. The molecule has 0 heterocycles. The molecule has 1 N–H and O–H groups in total. The lowest BCUT2D eigenvalue weighted by Crippen LogP contribution is -1.97. The van der Waals surface area contributed by atoms with E-state index in [2.05, 4.69) is 0 Å². The van der Waals surface area contributed by atoms with Gasteiger partial charge in [0.05, 0.1) is 10.5 Å². The summed E-state index contributed by atoms with van der Waals surface area (Å²) in [5.41, 5.74) is -0.117. The van der Waals surface area contributed by atoms with Gasteiger partial charge in [-0.1, -0.05) is 6.07 Å². The van der Waals surface area contributed by atoms with Gasteiger partial charge in [0, 0.05) is 9.64 Å². The molecule has 0 aliphatic heterocycles. The predicted molar refractivity (Wildman–Crippen MR) is 79.3 cm³/mol. The van der Waals surface area contributed by atoms with Crippen LogP contribution in [0.25, 0.3) is 0 Å². The SMILES string of the molecule is O=C(O)c1cccc(Oc2ccc(I)cc2[N+](=O)[O-])c1. The number of hydrogen-bond donors (Lipinski definition) is 1. The Balaban J connectivity index is 2.37. The summed E-state index contributed by atoms with van der Waals surface area (Å²) in [4.78, 5) is 21.3. The van der Waals surface area contributed by atoms with Crippen LogP contribution in [0.15, 0.2) is 42.5 Å². The molecule has 6 nitrogen and oxygen atoms in total. The van der Waals surface area contributed by atoms with E-state index in [0.29, 0.717) is 3.57 Å². The fourth-order valence-electron chi connectivity index (χ4n) is 1.54. The maximum absolute atomic E-state index is 11.0. The zero-order chi connectivity index (χ0) is 14.7. The second kappa shape index (κ2) is 5.87. The van der Waals surface area contributed by atoms with Gasteiger partial charge in [0.15, 0.2) is 0 Å². The molecule has 0 aliphatic carbocycles. The van der Waals surface area contributed by atoms with Gasteiger partial charge in [-0.25, -0.2) is 4.79 Å². The molecule has 2 rings (SSSR count). The van der Waals surface area contributed by atoms with E-state index in [0.717, 1.165) is 0 Å². The van der Waals surface area contributed by atoms with E-state index in [1.807, 2.05) is 22.6 Å². The Kier molecular flexibility index (Phi) is 4.18. The maximum atomic E-state index is 11.0. The van der Waals surface area contributed by atoms with Gasteiger partial charge in [-0.3, -0.25) is 10.1 Å². The average molecular weight is 385 g/mol. The van der Waals surface area contributed by atoms with Gasteiger partial charge in [-0.05, 0) is 52.9 Å². The minimum atomic E-state index is -1.09. The third-order valence-electron chi connectivity index (χ3n) is 2.43. The molecule has 2 aromatic rings. The minimum absolute atomic E-state index is 0.0515. The monoisotopic (exact) mass is 385 g/mol. The van der Waals surface area contributed by atoms with E-state index in [4.69, 9.17) is 9.84 Å². The highest BCUT2D eigenvalue weighted by Crippen LogP contribution is 2.32. The highest BCUT2D eigenvalue weighted by Gasteiger charge is 2.16. The third kappa shape index (κ3) is 3.23. The molecular formula is C13H8INO5. The first kappa shape index (κ1) is 14.3. The van der Waals surface area contributed by atoms with Crippen LogP contribution in [-0.4, -0.2) is 16.0 Å². The van der Waals surface area contributed by atoms with Crippen molar-refractivity contribution >= 4 is 34.2 Å². The molecule has 0 aliphatic rings. The van der Waals surface area contributed by atoms with Gasteiger partial charge in [0.1, 0.15) is 5.75 Å². The fourth-order valence-corrected chi connectivity index (χ4v) is 2.01. The molecule has 0 radical (unpaired) electrons. The zero-order valence-electron chi connectivity index (χ0n) is 9.95. The van der Waals surface area contributed by atoms with Gasteiger partial charge in [0.25, 0.3) is 0 Å². The summed E-state index contributed by atoms with van der Waals surface area (Å²) in [5, 5.41) is 19.9. The van der Waals surface area contributed by atoms with Gasteiger partial charge < -0.3 is 9.84 Å². The number of nitrogens with zero attached hydrogens (tertiary/aromatic N) is 1. The van der Waals surface area contributed by atoms with Crippen molar-refractivity contribution in [3.05, 3.63) is 61.7 Å². The van der Waals surface area contributed by atoms with Crippen LogP contribution in [0.5, 0.6) is 11.5 Å². The van der Waals surface area contributed by atoms with Crippen molar-refractivity contribution < 1.29 is 19.6 Å². The van der Waals surface area contributed by atoms with E-state index in [1.165, 1.54) is 36.4 Å². The quantitative estimate of drug-likeness (QED) is 0.493. The molecule has 0 unspecified atom stereocenters. The third-order valence-corrected chi connectivity index (χ3v) is 3.10. The zero-order valence-corrected chi connectivity index (χ0v) is 12.1. The van der Waals surface area contributed by atoms with Gasteiger partial charge in [0.2, 0.25) is 5.75 Å². The number of hydrogen-bond acceptors (Lipinski definition) is 4. The molecule has 0 atom stereocenters. The van der Waals surface area contributed by atoms with Crippen LogP contribution in [0, 0.1) is 13.7 Å². The first-order valence-corrected chi connectivity index (χ1v) is 6.50. The Morgan fingerprint density at radius 1 is 1.25 bits per heavy atom. The minimum Gasteiger partial charge on any atom is -0.478 e. The molecule has 2 aromatic carbocycles. The van der Waals surface area contributed by atoms with Crippen molar-refractivity contribution in [1.82, 2.24) is 0 Å². The molecule has 102 valence electrons. The Morgan fingerprint density at radius 2 is 2.00 bits per heavy atom. The number of carbonyl (C=O) groups is 1. The number of carboxylic acid groups (broad SMARTS) is 1. The van der Waals surface area contributed by atoms with Crippen LogP contribution in [0.2, 0.25) is 0 Å². The van der Waals surface area contributed by atoms with Gasteiger partial charge in [-0.15, -0.1) is 0 Å². The van der Waals surface area contributed by atoms with Crippen LogP contribution < -0.4 is 4.74 Å². The number of nitro groups is 1. The molecule has 0 bridgehead atoms. The van der Waals surface area contributed by atoms with E-state index in [-0.39, 0.29) is 22.7 Å². The second-order valence-electron chi connectivity index (χ2n) is 3.80. The fraction of sp³-hybridized carbons (Fsp3) is 0. The van der Waals surface area contributed by atoms with E-state index in [1.54, 1.807) is 6.07 Å². The van der Waals surface area contributed by atoms with Crippen molar-refractivity contribution in [1.29, 1.82) is 0 Å². The summed E-state index contributed by atoms with van der Waals surface area (Å²) in [6.45, 7) is 0. The lowest BCUT2D eigenvalue weighted by Gasteiger charge is -2.07. The summed E-state index contributed by atoms with van der Waals surface area (Å²) in [6, 6.07) is 10.3. The molecular weight excluding hydrogens is 377 g/mol. The number of carboxylic acids is 1. The Labute approximate surface area is 127 Å². The highest BCUT2D eigenvalue weighted by atomic mass is 127. The van der Waals surface area contributed by atoms with Crippen molar-refractivity contribution in [2.24, 2.45) is 0 Å². The highest BCUT2D eigenvalue weighted by molar-refractivity contribution is 14.1.